The van der Waals surface area contributed by atoms with Crippen LogP contribution in [0.4, 0.5) is 0 Å². The summed E-state index contributed by atoms with van der Waals surface area (Å²) < 4.78 is 15.7. The van der Waals surface area contributed by atoms with Crippen LogP contribution in [0.25, 0.3) is 0 Å². The Morgan fingerprint density at radius 2 is 2.50 bits per heavy atom. The van der Waals surface area contributed by atoms with Gasteiger partial charge in [0, 0.05) is 5.56 Å². The van der Waals surface area contributed by atoms with Crippen molar-refractivity contribution in [2.45, 2.75) is 12.4 Å². The molecular weight excluding hydrogens is 180 g/mol. The Kier molecular flexibility index (Phi) is 2.35. The van der Waals surface area contributed by atoms with E-state index < -0.39 is 0 Å². The van der Waals surface area contributed by atoms with Crippen LogP contribution in [0.1, 0.15) is 11.9 Å². The second-order valence-electron chi connectivity index (χ2n) is 2.63. The van der Waals surface area contributed by atoms with Crippen LogP contribution in [0.5, 0.6) is 0 Å². The molecule has 2 atom stereocenters. The SMILES string of the molecule is ClC[C@@H]1CO[C@H](c2ccoc2)O1. The van der Waals surface area contributed by atoms with Gasteiger partial charge in [-0.2, -0.15) is 0 Å². The molecule has 0 bridgehead atoms. The van der Waals surface area contributed by atoms with E-state index in [1.807, 2.05) is 6.07 Å². The Hall–Kier alpha value is -0.510. The quantitative estimate of drug-likeness (QED) is 0.665. The normalized spacial score (nSPS) is 29.4. The minimum atomic E-state index is -0.299. The number of hydrogen-bond acceptors (Lipinski definition) is 3. The second kappa shape index (κ2) is 3.47. The molecule has 0 spiro atoms. The molecule has 1 aliphatic rings. The van der Waals surface area contributed by atoms with Gasteiger partial charge in [-0.1, -0.05) is 0 Å². The summed E-state index contributed by atoms with van der Waals surface area (Å²) in [5.74, 6) is 0.467. The van der Waals surface area contributed by atoms with Crippen molar-refractivity contribution >= 4 is 11.6 Å². The zero-order valence-electron chi connectivity index (χ0n) is 6.40. The Bertz CT molecular complexity index is 234. The molecule has 4 heteroatoms. The van der Waals surface area contributed by atoms with Gasteiger partial charge in [-0.3, -0.25) is 0 Å². The lowest BCUT2D eigenvalue weighted by molar-refractivity contribution is -0.0570. The fourth-order valence-corrected chi connectivity index (χ4v) is 1.27. The van der Waals surface area contributed by atoms with Crippen LogP contribution in [0.15, 0.2) is 23.0 Å². The molecule has 66 valence electrons. The van der Waals surface area contributed by atoms with Crippen molar-refractivity contribution in [2.75, 3.05) is 12.5 Å². The molecule has 0 unspecified atom stereocenters. The summed E-state index contributed by atoms with van der Waals surface area (Å²) in [7, 11) is 0. The molecule has 2 rings (SSSR count). The maximum atomic E-state index is 5.61. The molecule has 2 heterocycles. The summed E-state index contributed by atoms with van der Waals surface area (Å²) >= 11 is 5.61. The van der Waals surface area contributed by atoms with E-state index in [4.69, 9.17) is 25.5 Å². The Morgan fingerprint density at radius 1 is 1.58 bits per heavy atom. The van der Waals surface area contributed by atoms with Crippen molar-refractivity contribution in [3.8, 4) is 0 Å². The van der Waals surface area contributed by atoms with Gasteiger partial charge in [0.05, 0.1) is 31.1 Å². The van der Waals surface area contributed by atoms with Crippen LogP contribution in [-0.4, -0.2) is 18.6 Å². The molecule has 0 aliphatic carbocycles. The van der Waals surface area contributed by atoms with Crippen LogP contribution in [0.3, 0.4) is 0 Å². The highest BCUT2D eigenvalue weighted by Gasteiger charge is 2.26. The molecule has 1 aliphatic heterocycles. The summed E-state index contributed by atoms with van der Waals surface area (Å²) in [6.45, 7) is 0.555. The van der Waals surface area contributed by atoms with Crippen molar-refractivity contribution < 1.29 is 13.9 Å². The van der Waals surface area contributed by atoms with Crippen molar-refractivity contribution in [3.63, 3.8) is 0 Å². The van der Waals surface area contributed by atoms with Gasteiger partial charge in [0.15, 0.2) is 6.29 Å². The van der Waals surface area contributed by atoms with E-state index in [0.717, 1.165) is 5.56 Å². The number of ether oxygens (including phenoxy) is 2. The van der Waals surface area contributed by atoms with Crippen LogP contribution in [0.2, 0.25) is 0 Å². The Labute approximate surface area is 75.2 Å². The van der Waals surface area contributed by atoms with E-state index in [2.05, 4.69) is 0 Å². The van der Waals surface area contributed by atoms with Gasteiger partial charge in [-0.05, 0) is 6.07 Å². The Balaban J connectivity index is 2.00. The second-order valence-corrected chi connectivity index (χ2v) is 2.94. The third-order valence-electron chi connectivity index (χ3n) is 1.74. The maximum absolute atomic E-state index is 5.61. The highest BCUT2D eigenvalue weighted by Crippen LogP contribution is 2.27. The highest BCUT2D eigenvalue weighted by molar-refractivity contribution is 6.18. The average molecular weight is 189 g/mol. The minimum Gasteiger partial charge on any atom is -0.472 e. The molecule has 3 nitrogen and oxygen atoms in total. The lowest BCUT2D eigenvalue weighted by Gasteiger charge is -2.06. The van der Waals surface area contributed by atoms with Crippen LogP contribution >= 0.6 is 11.6 Å². The molecule has 1 aromatic heterocycles. The number of hydrogen-bond donors (Lipinski definition) is 0. The monoisotopic (exact) mass is 188 g/mol. The molecule has 0 radical (unpaired) electrons. The molecule has 0 saturated carbocycles. The summed E-state index contributed by atoms with van der Waals surface area (Å²) in [6, 6.07) is 1.82. The predicted molar refractivity (Wildman–Crippen MR) is 43.0 cm³/mol. The predicted octanol–water partition coefficient (Wildman–Crippen LogP) is 1.93. The topological polar surface area (TPSA) is 31.6 Å². The zero-order valence-corrected chi connectivity index (χ0v) is 7.16. The van der Waals surface area contributed by atoms with E-state index in [1.54, 1.807) is 12.5 Å². The molecule has 0 N–H and O–H groups in total. The first-order chi connectivity index (χ1) is 5.90. The first-order valence-electron chi connectivity index (χ1n) is 3.75. The first kappa shape index (κ1) is 8.10. The fourth-order valence-electron chi connectivity index (χ4n) is 1.11. The van der Waals surface area contributed by atoms with Crippen molar-refractivity contribution in [1.82, 2.24) is 0 Å². The van der Waals surface area contributed by atoms with Gasteiger partial charge in [-0.15, -0.1) is 11.6 Å². The molecule has 0 amide bonds. The summed E-state index contributed by atoms with van der Waals surface area (Å²) in [4.78, 5) is 0. The zero-order chi connectivity index (χ0) is 8.39. The van der Waals surface area contributed by atoms with E-state index in [9.17, 15) is 0 Å². The van der Waals surface area contributed by atoms with Gasteiger partial charge in [-0.25, -0.2) is 0 Å². The minimum absolute atomic E-state index is 0.00608. The lowest BCUT2D eigenvalue weighted by atomic mass is 10.3. The standard InChI is InChI=1S/C8H9ClO3/c9-3-7-5-11-8(12-7)6-1-2-10-4-6/h1-2,4,7-8H,3,5H2/t7-,8+/m1/s1. The number of alkyl halides is 1. The molecular formula is C8H9ClO3. The molecule has 0 aromatic carbocycles. The van der Waals surface area contributed by atoms with E-state index in [-0.39, 0.29) is 12.4 Å². The summed E-state index contributed by atoms with van der Waals surface area (Å²) in [5.41, 5.74) is 0.905. The third-order valence-corrected chi connectivity index (χ3v) is 2.08. The van der Waals surface area contributed by atoms with E-state index in [1.165, 1.54) is 0 Å². The average Bonchev–Trinajstić information content (AvgIpc) is 2.75. The Morgan fingerprint density at radius 3 is 3.08 bits per heavy atom. The van der Waals surface area contributed by atoms with Gasteiger partial charge in [0.1, 0.15) is 0 Å². The van der Waals surface area contributed by atoms with Crippen molar-refractivity contribution in [3.05, 3.63) is 24.2 Å². The number of halogens is 1. The fraction of sp³-hybridized carbons (Fsp3) is 0.500. The van der Waals surface area contributed by atoms with Crippen LogP contribution in [0, 0.1) is 0 Å². The van der Waals surface area contributed by atoms with Crippen LogP contribution < -0.4 is 0 Å². The van der Waals surface area contributed by atoms with Gasteiger partial charge in [0.2, 0.25) is 0 Å². The van der Waals surface area contributed by atoms with Gasteiger partial charge < -0.3 is 13.9 Å². The largest absolute Gasteiger partial charge is 0.472 e. The van der Waals surface area contributed by atoms with Crippen LogP contribution in [-0.2, 0) is 9.47 Å². The highest BCUT2D eigenvalue weighted by atomic mass is 35.5. The third kappa shape index (κ3) is 1.48. The van der Waals surface area contributed by atoms with E-state index in [0.29, 0.717) is 12.5 Å². The lowest BCUT2D eigenvalue weighted by Crippen LogP contribution is -2.10. The first-order valence-corrected chi connectivity index (χ1v) is 4.28. The summed E-state index contributed by atoms with van der Waals surface area (Å²) in [6.07, 6.45) is 2.91. The molecule has 1 fully saturated rings. The molecule has 1 saturated heterocycles. The van der Waals surface area contributed by atoms with Crippen molar-refractivity contribution in [2.24, 2.45) is 0 Å². The molecule has 1 aromatic rings. The number of rotatable bonds is 2. The smallest absolute Gasteiger partial charge is 0.187 e. The van der Waals surface area contributed by atoms with E-state index >= 15 is 0 Å². The van der Waals surface area contributed by atoms with Gasteiger partial charge in [0.25, 0.3) is 0 Å². The number of furan rings is 1. The van der Waals surface area contributed by atoms with Gasteiger partial charge >= 0.3 is 0 Å². The van der Waals surface area contributed by atoms with Crippen molar-refractivity contribution in [1.29, 1.82) is 0 Å². The molecule has 12 heavy (non-hydrogen) atoms. The maximum Gasteiger partial charge on any atom is 0.187 e. The summed E-state index contributed by atoms with van der Waals surface area (Å²) in [5, 5.41) is 0.